The number of carboxylic acid groups (broad SMARTS) is 1. The second kappa shape index (κ2) is 6.70. The Balaban J connectivity index is 2.52. The zero-order valence-corrected chi connectivity index (χ0v) is 9.72. The van der Waals surface area contributed by atoms with E-state index in [0.717, 1.165) is 5.56 Å². The molecule has 0 saturated carbocycles. The van der Waals surface area contributed by atoms with E-state index >= 15 is 0 Å². The molecule has 0 aliphatic heterocycles. The van der Waals surface area contributed by atoms with E-state index in [9.17, 15) is 4.79 Å². The van der Waals surface area contributed by atoms with Crippen LogP contribution < -0.4 is 4.74 Å². The van der Waals surface area contributed by atoms with E-state index in [1.54, 1.807) is 37.3 Å². The quantitative estimate of drug-likeness (QED) is 0.741. The zero-order valence-electron chi connectivity index (χ0n) is 9.72. The normalized spacial score (nSPS) is 11.3. The van der Waals surface area contributed by atoms with E-state index in [1.807, 2.05) is 0 Å². The van der Waals surface area contributed by atoms with Crippen LogP contribution in [-0.4, -0.2) is 22.8 Å². The molecule has 1 aromatic carbocycles. The molecule has 0 bridgehead atoms. The molecular formula is C13H16O4. The van der Waals surface area contributed by atoms with Crippen LogP contribution in [0, 0.1) is 0 Å². The summed E-state index contributed by atoms with van der Waals surface area (Å²) in [5.74, 6) is -0.258. The van der Waals surface area contributed by atoms with E-state index in [2.05, 4.69) is 0 Å². The molecular weight excluding hydrogens is 220 g/mol. The molecule has 0 radical (unpaired) electrons. The Morgan fingerprint density at radius 1 is 1.35 bits per heavy atom. The molecule has 4 nitrogen and oxygen atoms in total. The fourth-order valence-corrected chi connectivity index (χ4v) is 1.31. The van der Waals surface area contributed by atoms with Gasteiger partial charge in [0.05, 0.1) is 6.61 Å². The number of rotatable bonds is 6. The van der Waals surface area contributed by atoms with Gasteiger partial charge in [-0.1, -0.05) is 19.1 Å². The number of aliphatic carboxylic acids is 1. The van der Waals surface area contributed by atoms with Gasteiger partial charge in [0.2, 0.25) is 0 Å². The molecule has 0 heterocycles. The van der Waals surface area contributed by atoms with Crippen molar-refractivity contribution in [2.75, 3.05) is 6.61 Å². The van der Waals surface area contributed by atoms with Crippen LogP contribution in [-0.2, 0) is 11.4 Å². The molecule has 17 heavy (non-hydrogen) atoms. The Kier molecular flexibility index (Phi) is 5.23. The van der Waals surface area contributed by atoms with Gasteiger partial charge in [0.15, 0.2) is 0 Å². The summed E-state index contributed by atoms with van der Waals surface area (Å²) < 4.78 is 5.37. The van der Waals surface area contributed by atoms with Gasteiger partial charge in [-0.15, -0.1) is 0 Å². The van der Waals surface area contributed by atoms with Crippen molar-refractivity contribution in [1.82, 2.24) is 0 Å². The fraction of sp³-hybridized carbons (Fsp3) is 0.308. The van der Waals surface area contributed by atoms with Crippen molar-refractivity contribution in [3.05, 3.63) is 41.5 Å². The van der Waals surface area contributed by atoms with E-state index in [1.165, 1.54) is 0 Å². The monoisotopic (exact) mass is 236 g/mol. The molecule has 0 aliphatic carbocycles. The molecule has 0 aliphatic rings. The van der Waals surface area contributed by atoms with E-state index in [4.69, 9.17) is 14.9 Å². The number of carboxylic acids is 1. The van der Waals surface area contributed by atoms with E-state index < -0.39 is 5.97 Å². The average Bonchev–Trinajstić information content (AvgIpc) is 2.35. The number of aliphatic hydroxyl groups excluding tert-OH is 1. The summed E-state index contributed by atoms with van der Waals surface area (Å²) >= 11 is 0. The largest absolute Gasteiger partial charge is 0.490 e. The SMILES string of the molecule is CCC(=CCOc1ccc(CO)cc1)C(=O)O. The summed E-state index contributed by atoms with van der Waals surface area (Å²) in [5.41, 5.74) is 1.16. The van der Waals surface area contributed by atoms with Crippen LogP contribution in [0.3, 0.4) is 0 Å². The lowest BCUT2D eigenvalue weighted by Gasteiger charge is -2.04. The Hall–Kier alpha value is -1.81. The van der Waals surface area contributed by atoms with Crippen LogP contribution in [0.2, 0.25) is 0 Å². The van der Waals surface area contributed by atoms with Gasteiger partial charge in [-0.2, -0.15) is 0 Å². The molecule has 92 valence electrons. The van der Waals surface area contributed by atoms with Crippen molar-refractivity contribution in [3.8, 4) is 5.75 Å². The minimum absolute atomic E-state index is 0.000814. The number of benzene rings is 1. The van der Waals surface area contributed by atoms with Gasteiger partial charge in [0, 0.05) is 5.57 Å². The molecule has 2 N–H and O–H groups in total. The van der Waals surface area contributed by atoms with E-state index in [-0.39, 0.29) is 13.2 Å². The number of hydrogen-bond acceptors (Lipinski definition) is 3. The third-order valence-corrected chi connectivity index (χ3v) is 2.34. The highest BCUT2D eigenvalue weighted by Crippen LogP contribution is 2.12. The van der Waals surface area contributed by atoms with E-state index in [0.29, 0.717) is 17.7 Å². The van der Waals surface area contributed by atoms with Crippen molar-refractivity contribution >= 4 is 5.97 Å². The van der Waals surface area contributed by atoms with Gasteiger partial charge in [-0.05, 0) is 30.2 Å². The van der Waals surface area contributed by atoms with Crippen molar-refractivity contribution in [3.63, 3.8) is 0 Å². The van der Waals surface area contributed by atoms with Crippen LogP contribution >= 0.6 is 0 Å². The van der Waals surface area contributed by atoms with Crippen LogP contribution in [0.1, 0.15) is 18.9 Å². The molecule has 1 rings (SSSR count). The number of hydrogen-bond donors (Lipinski definition) is 2. The number of carbonyl (C=O) groups is 1. The maximum absolute atomic E-state index is 10.7. The van der Waals surface area contributed by atoms with Gasteiger partial charge < -0.3 is 14.9 Å². The minimum Gasteiger partial charge on any atom is -0.490 e. The molecule has 1 aromatic rings. The molecule has 0 amide bonds. The topological polar surface area (TPSA) is 66.8 Å². The standard InChI is InChI=1S/C13H16O4/c1-2-11(13(15)16)7-8-17-12-5-3-10(9-14)4-6-12/h3-7,14H,2,8-9H2,1H3,(H,15,16). The Morgan fingerprint density at radius 2 is 2.00 bits per heavy atom. The van der Waals surface area contributed by atoms with Gasteiger partial charge >= 0.3 is 5.97 Å². The maximum atomic E-state index is 10.7. The highest BCUT2D eigenvalue weighted by Gasteiger charge is 2.03. The van der Waals surface area contributed by atoms with Crippen LogP contribution in [0.5, 0.6) is 5.75 Å². The van der Waals surface area contributed by atoms with Gasteiger partial charge in [-0.3, -0.25) is 0 Å². The summed E-state index contributed by atoms with van der Waals surface area (Å²) in [6.07, 6.45) is 2.03. The fourth-order valence-electron chi connectivity index (χ4n) is 1.31. The average molecular weight is 236 g/mol. The lowest BCUT2D eigenvalue weighted by molar-refractivity contribution is -0.132. The lowest BCUT2D eigenvalue weighted by atomic mass is 10.2. The molecule has 0 unspecified atom stereocenters. The second-order valence-corrected chi connectivity index (χ2v) is 3.50. The maximum Gasteiger partial charge on any atom is 0.331 e. The predicted octanol–water partition coefficient (Wildman–Crippen LogP) is 1.98. The van der Waals surface area contributed by atoms with Crippen LogP contribution in [0.25, 0.3) is 0 Å². The Labute approximate surface area is 100 Å². The highest BCUT2D eigenvalue weighted by molar-refractivity contribution is 5.86. The molecule has 0 aromatic heterocycles. The number of ether oxygens (including phenoxy) is 1. The summed E-state index contributed by atoms with van der Waals surface area (Å²) in [6.45, 7) is 2.02. The summed E-state index contributed by atoms with van der Waals surface area (Å²) in [5, 5.41) is 17.6. The molecule has 0 atom stereocenters. The molecule has 0 spiro atoms. The van der Waals surface area contributed by atoms with Gasteiger partial charge in [0.1, 0.15) is 12.4 Å². The van der Waals surface area contributed by atoms with Gasteiger partial charge in [0.25, 0.3) is 0 Å². The van der Waals surface area contributed by atoms with Crippen LogP contribution in [0.4, 0.5) is 0 Å². The Bertz CT molecular complexity index is 392. The van der Waals surface area contributed by atoms with Crippen LogP contribution in [0.15, 0.2) is 35.9 Å². The smallest absolute Gasteiger partial charge is 0.331 e. The van der Waals surface area contributed by atoms with Crippen molar-refractivity contribution in [2.24, 2.45) is 0 Å². The zero-order chi connectivity index (χ0) is 12.7. The number of aliphatic hydroxyl groups is 1. The second-order valence-electron chi connectivity index (χ2n) is 3.50. The van der Waals surface area contributed by atoms with Crippen molar-refractivity contribution in [2.45, 2.75) is 20.0 Å². The molecule has 0 fully saturated rings. The summed E-state index contributed by atoms with van der Waals surface area (Å²) in [7, 11) is 0. The summed E-state index contributed by atoms with van der Waals surface area (Å²) in [6, 6.07) is 7.01. The first-order chi connectivity index (χ1) is 8.17. The first-order valence-electron chi connectivity index (χ1n) is 5.42. The van der Waals surface area contributed by atoms with Crippen molar-refractivity contribution < 1.29 is 19.7 Å². The van der Waals surface area contributed by atoms with Gasteiger partial charge in [-0.25, -0.2) is 4.79 Å². The first-order valence-corrected chi connectivity index (χ1v) is 5.42. The molecule has 4 heteroatoms. The Morgan fingerprint density at radius 3 is 2.47 bits per heavy atom. The predicted molar refractivity (Wildman–Crippen MR) is 63.9 cm³/mol. The molecule has 0 saturated heterocycles. The third kappa shape index (κ3) is 4.28. The van der Waals surface area contributed by atoms with Crippen molar-refractivity contribution in [1.29, 1.82) is 0 Å². The first kappa shape index (κ1) is 13.3. The summed E-state index contributed by atoms with van der Waals surface area (Å²) in [4.78, 5) is 10.7. The lowest BCUT2D eigenvalue weighted by Crippen LogP contribution is -2.02. The minimum atomic E-state index is -0.910. The third-order valence-electron chi connectivity index (χ3n) is 2.34. The highest BCUT2D eigenvalue weighted by atomic mass is 16.5.